The molecule has 6 heteroatoms. The number of hydrogen-bond acceptors (Lipinski definition) is 4. The molecule has 5 nitrogen and oxygen atoms in total. The maximum atomic E-state index is 10.5. The van der Waals surface area contributed by atoms with Crippen molar-refractivity contribution in [3.63, 3.8) is 0 Å². The molecule has 16 heavy (non-hydrogen) atoms. The smallest absolute Gasteiger partial charge is 0.313 e. The fourth-order valence-corrected chi connectivity index (χ4v) is 2.41. The van der Waals surface area contributed by atoms with Gasteiger partial charge in [0.05, 0.1) is 5.75 Å². The fourth-order valence-electron chi connectivity index (χ4n) is 1.62. The van der Waals surface area contributed by atoms with Gasteiger partial charge in [-0.25, -0.2) is 0 Å². The van der Waals surface area contributed by atoms with Crippen molar-refractivity contribution in [3.8, 4) is 0 Å². The summed E-state index contributed by atoms with van der Waals surface area (Å²) in [6, 6.07) is 0.280. The standard InChI is InChI=1S/C10H15N3O2S/c1-6(2)13-9(7-3-4-7)11-12-10(13)16-5-8(14)15/h6-7H,3-5H2,1-2H3,(H,14,15). The minimum atomic E-state index is -0.823. The van der Waals surface area contributed by atoms with E-state index in [0.29, 0.717) is 5.92 Å². The number of carbonyl (C=O) groups is 1. The van der Waals surface area contributed by atoms with Crippen molar-refractivity contribution < 1.29 is 9.90 Å². The monoisotopic (exact) mass is 241 g/mol. The number of carboxylic acids is 1. The van der Waals surface area contributed by atoms with Gasteiger partial charge in [-0.3, -0.25) is 4.79 Å². The summed E-state index contributed by atoms with van der Waals surface area (Å²) in [6.45, 7) is 4.14. The molecule has 0 atom stereocenters. The molecule has 1 saturated carbocycles. The topological polar surface area (TPSA) is 68.0 Å². The summed E-state index contributed by atoms with van der Waals surface area (Å²) in [7, 11) is 0. The molecule has 0 amide bonds. The zero-order valence-corrected chi connectivity index (χ0v) is 10.2. The molecule has 1 aliphatic carbocycles. The third kappa shape index (κ3) is 2.37. The van der Waals surface area contributed by atoms with E-state index in [1.54, 1.807) is 0 Å². The Kier molecular flexibility index (Phi) is 3.18. The van der Waals surface area contributed by atoms with Crippen LogP contribution >= 0.6 is 11.8 Å². The largest absolute Gasteiger partial charge is 0.481 e. The summed E-state index contributed by atoms with van der Waals surface area (Å²) in [4.78, 5) is 10.5. The van der Waals surface area contributed by atoms with E-state index < -0.39 is 5.97 Å². The van der Waals surface area contributed by atoms with Crippen LogP contribution in [0.2, 0.25) is 0 Å². The number of aliphatic carboxylic acids is 1. The van der Waals surface area contributed by atoms with E-state index in [-0.39, 0.29) is 11.8 Å². The molecule has 88 valence electrons. The summed E-state index contributed by atoms with van der Waals surface area (Å²) >= 11 is 1.24. The SMILES string of the molecule is CC(C)n1c(SCC(=O)O)nnc1C1CC1. The van der Waals surface area contributed by atoms with E-state index in [1.165, 1.54) is 24.6 Å². The molecule has 1 heterocycles. The Labute approximate surface area is 98.3 Å². The van der Waals surface area contributed by atoms with Gasteiger partial charge in [0.2, 0.25) is 0 Å². The van der Waals surface area contributed by atoms with E-state index in [1.807, 2.05) is 0 Å². The zero-order valence-electron chi connectivity index (χ0n) is 9.38. The van der Waals surface area contributed by atoms with Crippen LogP contribution in [0.4, 0.5) is 0 Å². The highest BCUT2D eigenvalue weighted by molar-refractivity contribution is 7.99. The van der Waals surface area contributed by atoms with Gasteiger partial charge in [-0.1, -0.05) is 11.8 Å². The molecule has 2 rings (SSSR count). The lowest BCUT2D eigenvalue weighted by molar-refractivity contribution is -0.133. The maximum Gasteiger partial charge on any atom is 0.313 e. The first-order chi connectivity index (χ1) is 7.59. The number of hydrogen-bond donors (Lipinski definition) is 1. The number of carboxylic acid groups (broad SMARTS) is 1. The highest BCUT2D eigenvalue weighted by Gasteiger charge is 2.31. The van der Waals surface area contributed by atoms with Gasteiger partial charge in [0.15, 0.2) is 5.16 Å². The van der Waals surface area contributed by atoms with Crippen LogP contribution < -0.4 is 0 Å². The van der Waals surface area contributed by atoms with E-state index >= 15 is 0 Å². The number of rotatable bonds is 5. The molecule has 0 aromatic carbocycles. The molecule has 0 bridgehead atoms. The molecule has 0 radical (unpaired) electrons. The molecule has 1 aromatic rings. The predicted molar refractivity (Wildman–Crippen MR) is 60.7 cm³/mol. The van der Waals surface area contributed by atoms with Crippen LogP contribution in [0.25, 0.3) is 0 Å². The average Bonchev–Trinajstić information content (AvgIpc) is 2.95. The minimum absolute atomic E-state index is 0.0372. The Morgan fingerprint density at radius 1 is 1.56 bits per heavy atom. The summed E-state index contributed by atoms with van der Waals surface area (Å²) in [5, 5.41) is 17.6. The molecule has 1 aromatic heterocycles. The van der Waals surface area contributed by atoms with Crippen molar-refractivity contribution in [3.05, 3.63) is 5.82 Å². The summed E-state index contributed by atoms with van der Waals surface area (Å²) in [6.07, 6.45) is 2.35. The van der Waals surface area contributed by atoms with E-state index in [0.717, 1.165) is 11.0 Å². The van der Waals surface area contributed by atoms with Gasteiger partial charge in [0.25, 0.3) is 0 Å². The van der Waals surface area contributed by atoms with Crippen LogP contribution in [0.3, 0.4) is 0 Å². The van der Waals surface area contributed by atoms with Gasteiger partial charge in [-0.15, -0.1) is 10.2 Å². The van der Waals surface area contributed by atoms with Crippen molar-refractivity contribution in [2.24, 2.45) is 0 Å². The third-order valence-corrected chi connectivity index (χ3v) is 3.40. The third-order valence-electron chi connectivity index (χ3n) is 2.47. The Morgan fingerprint density at radius 2 is 2.25 bits per heavy atom. The van der Waals surface area contributed by atoms with E-state index in [9.17, 15) is 4.79 Å². The summed E-state index contributed by atoms with van der Waals surface area (Å²) in [5.41, 5.74) is 0. The van der Waals surface area contributed by atoms with Gasteiger partial charge in [0, 0.05) is 12.0 Å². The quantitative estimate of drug-likeness (QED) is 0.797. The van der Waals surface area contributed by atoms with Gasteiger partial charge in [-0.05, 0) is 26.7 Å². The molecule has 0 aliphatic heterocycles. The van der Waals surface area contributed by atoms with Crippen molar-refractivity contribution in [2.75, 3.05) is 5.75 Å². The second-order valence-corrected chi connectivity index (χ2v) is 5.20. The molecule has 0 unspecified atom stereocenters. The molecule has 0 saturated heterocycles. The lowest BCUT2D eigenvalue weighted by Gasteiger charge is -2.12. The molecule has 1 aliphatic rings. The summed E-state index contributed by atoms with van der Waals surface area (Å²) < 4.78 is 2.06. The second-order valence-electron chi connectivity index (χ2n) is 4.26. The van der Waals surface area contributed by atoms with Crippen LogP contribution in [0.1, 0.15) is 44.5 Å². The lowest BCUT2D eigenvalue weighted by Crippen LogP contribution is -2.08. The molecule has 1 N–H and O–H groups in total. The van der Waals surface area contributed by atoms with Crippen LogP contribution in [0.15, 0.2) is 5.16 Å². The van der Waals surface area contributed by atoms with E-state index in [2.05, 4.69) is 28.6 Å². The van der Waals surface area contributed by atoms with Crippen LogP contribution in [-0.2, 0) is 4.79 Å². The molecule has 0 spiro atoms. The van der Waals surface area contributed by atoms with Gasteiger partial charge in [-0.2, -0.15) is 0 Å². The molecular formula is C10H15N3O2S. The zero-order chi connectivity index (χ0) is 11.7. The average molecular weight is 241 g/mol. The van der Waals surface area contributed by atoms with Gasteiger partial charge >= 0.3 is 5.97 Å². The Balaban J connectivity index is 2.19. The van der Waals surface area contributed by atoms with E-state index in [4.69, 9.17) is 5.11 Å². The minimum Gasteiger partial charge on any atom is -0.481 e. The molecular weight excluding hydrogens is 226 g/mol. The Bertz CT molecular complexity index is 399. The normalized spacial score (nSPS) is 15.7. The first-order valence-electron chi connectivity index (χ1n) is 5.39. The predicted octanol–water partition coefficient (Wildman–Crippen LogP) is 1.91. The number of nitrogens with zero attached hydrogens (tertiary/aromatic N) is 3. The number of thioether (sulfide) groups is 1. The fraction of sp³-hybridized carbons (Fsp3) is 0.700. The second kappa shape index (κ2) is 4.45. The lowest BCUT2D eigenvalue weighted by atomic mass is 10.3. The summed E-state index contributed by atoms with van der Waals surface area (Å²) in [5.74, 6) is 0.767. The highest BCUT2D eigenvalue weighted by atomic mass is 32.2. The molecule has 1 fully saturated rings. The first kappa shape index (κ1) is 11.4. The van der Waals surface area contributed by atoms with Gasteiger partial charge in [0.1, 0.15) is 5.82 Å². The van der Waals surface area contributed by atoms with Crippen LogP contribution in [0, 0.1) is 0 Å². The van der Waals surface area contributed by atoms with Crippen molar-refractivity contribution >= 4 is 17.7 Å². The van der Waals surface area contributed by atoms with Crippen molar-refractivity contribution in [1.29, 1.82) is 0 Å². The number of aromatic nitrogens is 3. The van der Waals surface area contributed by atoms with Gasteiger partial charge < -0.3 is 9.67 Å². The van der Waals surface area contributed by atoms with Crippen molar-refractivity contribution in [1.82, 2.24) is 14.8 Å². The Morgan fingerprint density at radius 3 is 2.75 bits per heavy atom. The first-order valence-corrected chi connectivity index (χ1v) is 6.37. The highest BCUT2D eigenvalue weighted by Crippen LogP contribution is 2.41. The van der Waals surface area contributed by atoms with Crippen LogP contribution in [-0.4, -0.2) is 31.6 Å². The Hall–Kier alpha value is -1.04. The maximum absolute atomic E-state index is 10.5. The van der Waals surface area contributed by atoms with Crippen molar-refractivity contribution in [2.45, 2.75) is 43.8 Å². The van der Waals surface area contributed by atoms with Crippen LogP contribution in [0.5, 0.6) is 0 Å².